The van der Waals surface area contributed by atoms with Gasteiger partial charge in [0.25, 0.3) is 0 Å². The number of nitrogens with two attached hydrogens (primary N) is 1. The predicted molar refractivity (Wildman–Crippen MR) is 56.1 cm³/mol. The Morgan fingerprint density at radius 2 is 2.08 bits per heavy atom. The minimum atomic E-state index is -0.235. The molecule has 2 N–H and O–H groups in total. The lowest BCUT2D eigenvalue weighted by atomic mass is 10.2. The van der Waals surface area contributed by atoms with Gasteiger partial charge in [-0.3, -0.25) is 4.98 Å². The molecular formula is C8H13Cl2FN2. The average Bonchev–Trinajstić information content (AvgIpc) is 2.03. The number of rotatable bonds is 3. The Kier molecular flexibility index (Phi) is 9.56. The summed E-state index contributed by atoms with van der Waals surface area (Å²) in [6.07, 6.45) is 3.01. The van der Waals surface area contributed by atoms with Crippen LogP contribution in [0.25, 0.3) is 0 Å². The first-order valence-corrected chi connectivity index (χ1v) is 3.64. The van der Waals surface area contributed by atoms with Crippen molar-refractivity contribution in [2.24, 2.45) is 5.73 Å². The van der Waals surface area contributed by atoms with Crippen molar-refractivity contribution in [3.8, 4) is 0 Å². The maximum Gasteiger partial charge on any atom is 0.144 e. The van der Waals surface area contributed by atoms with E-state index in [0.29, 0.717) is 18.7 Å². The molecule has 0 radical (unpaired) electrons. The van der Waals surface area contributed by atoms with E-state index >= 15 is 0 Å². The van der Waals surface area contributed by atoms with Crippen LogP contribution >= 0.6 is 24.8 Å². The topological polar surface area (TPSA) is 38.9 Å². The minimum Gasteiger partial charge on any atom is -0.330 e. The van der Waals surface area contributed by atoms with Crippen molar-refractivity contribution in [1.29, 1.82) is 0 Å². The zero-order valence-corrected chi connectivity index (χ0v) is 8.71. The lowest BCUT2D eigenvalue weighted by molar-refractivity contribution is 0.593. The summed E-state index contributed by atoms with van der Waals surface area (Å²) >= 11 is 0. The number of aromatic nitrogens is 1. The Morgan fingerprint density at radius 1 is 1.38 bits per heavy atom. The van der Waals surface area contributed by atoms with E-state index in [2.05, 4.69) is 4.98 Å². The van der Waals surface area contributed by atoms with E-state index in [1.807, 2.05) is 0 Å². The third-order valence-corrected chi connectivity index (χ3v) is 1.45. The molecule has 0 saturated carbocycles. The molecule has 0 aromatic carbocycles. The second kappa shape index (κ2) is 8.23. The molecule has 76 valence electrons. The third kappa shape index (κ3) is 5.03. The van der Waals surface area contributed by atoms with E-state index in [0.717, 1.165) is 6.42 Å². The fraction of sp³-hybridized carbons (Fsp3) is 0.375. The smallest absolute Gasteiger partial charge is 0.144 e. The first kappa shape index (κ1) is 15.1. The van der Waals surface area contributed by atoms with Crippen LogP contribution < -0.4 is 5.73 Å². The van der Waals surface area contributed by atoms with Gasteiger partial charge in [-0.15, -0.1) is 24.8 Å². The Bertz CT molecular complexity index is 233. The summed E-state index contributed by atoms with van der Waals surface area (Å²) in [5.41, 5.74) is 5.79. The fourth-order valence-electron chi connectivity index (χ4n) is 0.872. The highest BCUT2D eigenvalue weighted by Gasteiger charge is 1.99. The SMILES string of the molecule is Cl.Cl.NCCCc1ncccc1F. The molecule has 1 heterocycles. The van der Waals surface area contributed by atoms with E-state index in [1.165, 1.54) is 6.07 Å². The molecule has 0 aliphatic rings. The molecule has 0 atom stereocenters. The van der Waals surface area contributed by atoms with Gasteiger partial charge >= 0.3 is 0 Å². The summed E-state index contributed by atoms with van der Waals surface area (Å²) in [6.45, 7) is 0.579. The van der Waals surface area contributed by atoms with Crippen molar-refractivity contribution in [2.75, 3.05) is 6.54 Å². The normalized spacial score (nSPS) is 8.46. The molecule has 1 rings (SSSR count). The van der Waals surface area contributed by atoms with Crippen LogP contribution in [0.5, 0.6) is 0 Å². The van der Waals surface area contributed by atoms with Gasteiger partial charge in [-0.05, 0) is 31.5 Å². The third-order valence-electron chi connectivity index (χ3n) is 1.45. The van der Waals surface area contributed by atoms with Crippen molar-refractivity contribution < 1.29 is 4.39 Å². The largest absolute Gasteiger partial charge is 0.330 e. The van der Waals surface area contributed by atoms with Crippen LogP contribution in [-0.2, 0) is 6.42 Å². The van der Waals surface area contributed by atoms with Crippen molar-refractivity contribution in [1.82, 2.24) is 4.98 Å². The van der Waals surface area contributed by atoms with Crippen LogP contribution in [-0.4, -0.2) is 11.5 Å². The van der Waals surface area contributed by atoms with E-state index in [4.69, 9.17) is 5.73 Å². The molecule has 0 spiro atoms. The number of pyridine rings is 1. The van der Waals surface area contributed by atoms with Crippen molar-refractivity contribution in [2.45, 2.75) is 12.8 Å². The summed E-state index contributed by atoms with van der Waals surface area (Å²) in [5, 5.41) is 0. The summed E-state index contributed by atoms with van der Waals surface area (Å²) in [4.78, 5) is 3.89. The van der Waals surface area contributed by atoms with Gasteiger partial charge in [0.2, 0.25) is 0 Å². The molecule has 1 aromatic heterocycles. The highest BCUT2D eigenvalue weighted by atomic mass is 35.5. The quantitative estimate of drug-likeness (QED) is 0.857. The number of hydrogen-bond donors (Lipinski definition) is 1. The van der Waals surface area contributed by atoms with Gasteiger partial charge in [-0.1, -0.05) is 0 Å². The zero-order valence-electron chi connectivity index (χ0n) is 7.07. The number of nitrogens with zero attached hydrogens (tertiary/aromatic N) is 1. The van der Waals surface area contributed by atoms with Crippen LogP contribution in [0.15, 0.2) is 18.3 Å². The molecule has 2 nitrogen and oxygen atoms in total. The number of aryl methyl sites for hydroxylation is 1. The highest BCUT2D eigenvalue weighted by molar-refractivity contribution is 5.85. The van der Waals surface area contributed by atoms with Gasteiger partial charge < -0.3 is 5.73 Å². The average molecular weight is 227 g/mol. The van der Waals surface area contributed by atoms with Crippen molar-refractivity contribution >= 4 is 24.8 Å². The lowest BCUT2D eigenvalue weighted by Crippen LogP contribution is -2.02. The summed E-state index contributed by atoms with van der Waals surface area (Å²) < 4.78 is 12.8. The zero-order chi connectivity index (χ0) is 8.10. The second-order valence-corrected chi connectivity index (χ2v) is 2.32. The van der Waals surface area contributed by atoms with Crippen LogP contribution in [0, 0.1) is 5.82 Å². The Balaban J connectivity index is 0. The Morgan fingerprint density at radius 3 is 2.62 bits per heavy atom. The van der Waals surface area contributed by atoms with Gasteiger partial charge in [0, 0.05) is 6.20 Å². The Hall–Kier alpha value is -0.380. The van der Waals surface area contributed by atoms with E-state index < -0.39 is 0 Å². The number of hydrogen-bond acceptors (Lipinski definition) is 2. The van der Waals surface area contributed by atoms with E-state index in [1.54, 1.807) is 12.3 Å². The molecule has 0 amide bonds. The van der Waals surface area contributed by atoms with Gasteiger partial charge in [-0.25, -0.2) is 4.39 Å². The minimum absolute atomic E-state index is 0. The molecule has 0 fully saturated rings. The van der Waals surface area contributed by atoms with Gasteiger partial charge in [-0.2, -0.15) is 0 Å². The molecule has 13 heavy (non-hydrogen) atoms. The molecule has 0 saturated heterocycles. The molecule has 1 aromatic rings. The van der Waals surface area contributed by atoms with Crippen LogP contribution in [0.4, 0.5) is 4.39 Å². The predicted octanol–water partition coefficient (Wildman–Crippen LogP) is 1.96. The maximum absolute atomic E-state index is 12.8. The van der Waals surface area contributed by atoms with Crippen LogP contribution in [0.1, 0.15) is 12.1 Å². The summed E-state index contributed by atoms with van der Waals surface area (Å²) in [5.74, 6) is -0.235. The second-order valence-electron chi connectivity index (χ2n) is 2.32. The van der Waals surface area contributed by atoms with Gasteiger partial charge in [0.15, 0.2) is 0 Å². The summed E-state index contributed by atoms with van der Waals surface area (Å²) in [7, 11) is 0. The lowest BCUT2D eigenvalue weighted by Gasteiger charge is -1.98. The maximum atomic E-state index is 12.8. The van der Waals surface area contributed by atoms with Gasteiger partial charge in [0.05, 0.1) is 5.69 Å². The molecule has 0 unspecified atom stereocenters. The molecule has 0 aliphatic heterocycles. The standard InChI is InChI=1S/C8H11FN2.2ClH/c9-7-3-2-6-11-8(7)4-1-5-10;;/h2-3,6H,1,4-5,10H2;2*1H. The van der Waals surface area contributed by atoms with Crippen molar-refractivity contribution in [3.63, 3.8) is 0 Å². The van der Waals surface area contributed by atoms with E-state index in [9.17, 15) is 4.39 Å². The summed E-state index contributed by atoms with van der Waals surface area (Å²) in [6, 6.07) is 3.00. The molecule has 0 bridgehead atoms. The fourth-order valence-corrected chi connectivity index (χ4v) is 0.872. The van der Waals surface area contributed by atoms with Gasteiger partial charge in [0.1, 0.15) is 5.82 Å². The van der Waals surface area contributed by atoms with Crippen molar-refractivity contribution in [3.05, 3.63) is 29.8 Å². The Labute approximate surface area is 89.6 Å². The first-order valence-electron chi connectivity index (χ1n) is 3.64. The first-order chi connectivity index (χ1) is 5.34. The molecule has 0 aliphatic carbocycles. The van der Waals surface area contributed by atoms with Crippen LogP contribution in [0.2, 0.25) is 0 Å². The molecule has 5 heteroatoms. The van der Waals surface area contributed by atoms with Crippen LogP contribution in [0.3, 0.4) is 0 Å². The molecular weight excluding hydrogens is 214 g/mol. The number of halogens is 3. The highest BCUT2D eigenvalue weighted by Crippen LogP contribution is 2.04. The monoisotopic (exact) mass is 226 g/mol. The van der Waals surface area contributed by atoms with E-state index in [-0.39, 0.29) is 30.6 Å².